The summed E-state index contributed by atoms with van der Waals surface area (Å²) in [6.45, 7) is 2.78. The Morgan fingerprint density at radius 2 is 2.00 bits per heavy atom. The molecule has 1 saturated heterocycles. The highest BCUT2D eigenvalue weighted by Crippen LogP contribution is 2.39. The quantitative estimate of drug-likeness (QED) is 0.499. The van der Waals surface area contributed by atoms with Crippen molar-refractivity contribution < 1.29 is 14.3 Å². The average Bonchev–Trinajstić information content (AvgIpc) is 3.44. The van der Waals surface area contributed by atoms with Gasteiger partial charge in [-0.2, -0.15) is 0 Å². The summed E-state index contributed by atoms with van der Waals surface area (Å²) in [5.74, 6) is 2.02. The molecule has 0 saturated carbocycles. The van der Waals surface area contributed by atoms with Gasteiger partial charge in [0.25, 0.3) is 0 Å². The average molecular weight is 452 g/mol. The number of carbonyl (C=O) groups is 1. The number of likely N-dealkylation sites (tertiary alicyclic amines) is 1. The molecule has 1 aromatic heterocycles. The molecule has 0 aliphatic carbocycles. The lowest BCUT2D eigenvalue weighted by Gasteiger charge is -2.26. The lowest BCUT2D eigenvalue weighted by molar-refractivity contribution is -0.129. The molecule has 4 rings (SSSR count). The third kappa shape index (κ3) is 4.93. The standard InChI is InChI=1S/C25H29N3O3S/c1-17-21(14-18-8-5-4-6-9-18)27-25(26-17)32-16-24(29)28-13-7-10-22(28)20-15-19(30-2)11-12-23(20)31-3/h4-6,8-9,11-12,15,22H,7,10,13-14,16H2,1-3H3,(H,26,27). The summed E-state index contributed by atoms with van der Waals surface area (Å²) in [5, 5.41) is 0.788. The molecular formula is C25H29N3O3S. The van der Waals surface area contributed by atoms with E-state index in [4.69, 9.17) is 14.5 Å². The number of thioether (sulfide) groups is 1. The van der Waals surface area contributed by atoms with Crippen LogP contribution in [0.1, 0.15) is 41.4 Å². The number of nitrogens with zero attached hydrogens (tertiary/aromatic N) is 2. The number of rotatable bonds is 8. The molecule has 1 fully saturated rings. The molecule has 32 heavy (non-hydrogen) atoms. The number of methoxy groups -OCH3 is 2. The Hall–Kier alpha value is -2.93. The summed E-state index contributed by atoms with van der Waals surface area (Å²) in [6.07, 6.45) is 2.67. The minimum Gasteiger partial charge on any atom is -0.497 e. The summed E-state index contributed by atoms with van der Waals surface area (Å²) in [6, 6.07) is 16.1. The number of ether oxygens (including phenoxy) is 2. The zero-order chi connectivity index (χ0) is 22.5. The van der Waals surface area contributed by atoms with E-state index >= 15 is 0 Å². The summed E-state index contributed by atoms with van der Waals surface area (Å²) in [5.41, 5.74) is 4.29. The van der Waals surface area contributed by atoms with Crippen molar-refractivity contribution in [3.63, 3.8) is 0 Å². The number of imidazole rings is 1. The van der Waals surface area contributed by atoms with Crippen molar-refractivity contribution >= 4 is 17.7 Å². The maximum Gasteiger partial charge on any atom is 0.233 e. The van der Waals surface area contributed by atoms with E-state index in [-0.39, 0.29) is 11.9 Å². The molecule has 1 aliphatic heterocycles. The number of aromatic nitrogens is 2. The van der Waals surface area contributed by atoms with Crippen molar-refractivity contribution in [1.29, 1.82) is 0 Å². The fraction of sp³-hybridized carbons (Fsp3) is 0.360. The molecule has 1 amide bonds. The number of H-pyrrole nitrogens is 1. The van der Waals surface area contributed by atoms with Gasteiger partial charge in [0, 0.05) is 24.2 Å². The third-order valence-corrected chi connectivity index (χ3v) is 6.74. The number of benzene rings is 2. The topological polar surface area (TPSA) is 67.5 Å². The number of nitrogens with one attached hydrogen (secondary N) is 1. The summed E-state index contributed by atoms with van der Waals surface area (Å²) in [7, 11) is 3.31. The van der Waals surface area contributed by atoms with Gasteiger partial charge in [-0.1, -0.05) is 42.1 Å². The van der Waals surface area contributed by atoms with Crippen LogP contribution in [0.4, 0.5) is 0 Å². The van der Waals surface area contributed by atoms with Crippen LogP contribution in [0, 0.1) is 6.92 Å². The lowest BCUT2D eigenvalue weighted by Crippen LogP contribution is -2.32. The smallest absolute Gasteiger partial charge is 0.233 e. The molecule has 2 heterocycles. The second-order valence-corrected chi connectivity index (χ2v) is 8.88. The second kappa shape index (κ2) is 10.1. The maximum absolute atomic E-state index is 13.1. The van der Waals surface area contributed by atoms with Gasteiger partial charge in [0.15, 0.2) is 5.16 Å². The summed E-state index contributed by atoms with van der Waals surface area (Å²) in [4.78, 5) is 23.2. The SMILES string of the molecule is COc1ccc(OC)c(C2CCCN2C(=O)CSc2nc(Cc3ccccc3)c(C)[nH]2)c1. The van der Waals surface area contributed by atoms with Crippen LogP contribution in [0.3, 0.4) is 0 Å². The van der Waals surface area contributed by atoms with Crippen LogP contribution in [-0.2, 0) is 11.2 Å². The van der Waals surface area contributed by atoms with Gasteiger partial charge in [-0.25, -0.2) is 4.98 Å². The minimum atomic E-state index is 0.000119. The Labute approximate surface area is 193 Å². The molecule has 0 spiro atoms. The van der Waals surface area contributed by atoms with Crippen LogP contribution in [-0.4, -0.2) is 47.3 Å². The fourth-order valence-electron chi connectivity index (χ4n) is 4.20. The van der Waals surface area contributed by atoms with Crippen LogP contribution in [0.15, 0.2) is 53.7 Å². The van der Waals surface area contributed by atoms with Crippen molar-refractivity contribution in [2.45, 2.75) is 37.4 Å². The molecule has 6 nitrogen and oxygen atoms in total. The van der Waals surface area contributed by atoms with Crippen molar-refractivity contribution in [3.8, 4) is 11.5 Å². The van der Waals surface area contributed by atoms with Gasteiger partial charge in [0.1, 0.15) is 11.5 Å². The summed E-state index contributed by atoms with van der Waals surface area (Å²) >= 11 is 1.46. The highest BCUT2D eigenvalue weighted by Gasteiger charge is 2.32. The Balaban J connectivity index is 1.43. The number of amides is 1. The van der Waals surface area contributed by atoms with E-state index in [0.717, 1.165) is 59.4 Å². The van der Waals surface area contributed by atoms with Gasteiger partial charge in [-0.05, 0) is 43.5 Å². The van der Waals surface area contributed by atoms with Gasteiger partial charge in [-0.15, -0.1) is 0 Å². The van der Waals surface area contributed by atoms with Gasteiger partial charge in [0.2, 0.25) is 5.91 Å². The van der Waals surface area contributed by atoms with E-state index in [1.165, 1.54) is 17.3 Å². The first kappa shape index (κ1) is 22.3. The van der Waals surface area contributed by atoms with Gasteiger partial charge >= 0.3 is 0 Å². The van der Waals surface area contributed by atoms with Crippen molar-refractivity contribution in [3.05, 3.63) is 71.0 Å². The molecule has 3 aromatic rings. The summed E-state index contributed by atoms with van der Waals surface area (Å²) < 4.78 is 11.0. The van der Waals surface area contributed by atoms with Crippen LogP contribution in [0.5, 0.6) is 11.5 Å². The van der Waals surface area contributed by atoms with Crippen LogP contribution >= 0.6 is 11.8 Å². The van der Waals surface area contributed by atoms with Crippen LogP contribution in [0.25, 0.3) is 0 Å². The number of aromatic amines is 1. The Morgan fingerprint density at radius 3 is 2.75 bits per heavy atom. The Bertz CT molecular complexity index is 1070. The van der Waals surface area contributed by atoms with E-state index in [9.17, 15) is 4.79 Å². The fourth-order valence-corrected chi connectivity index (χ4v) is 5.02. The highest BCUT2D eigenvalue weighted by atomic mass is 32.2. The van der Waals surface area contributed by atoms with E-state index in [2.05, 4.69) is 17.1 Å². The normalized spacial score (nSPS) is 15.7. The monoisotopic (exact) mass is 451 g/mol. The molecule has 1 N–H and O–H groups in total. The van der Waals surface area contributed by atoms with Crippen LogP contribution < -0.4 is 9.47 Å². The lowest BCUT2D eigenvalue weighted by atomic mass is 10.0. The molecule has 2 aromatic carbocycles. The maximum atomic E-state index is 13.1. The van der Waals surface area contributed by atoms with E-state index in [0.29, 0.717) is 5.75 Å². The minimum absolute atomic E-state index is 0.000119. The molecule has 0 bridgehead atoms. The molecule has 1 atom stereocenters. The van der Waals surface area contributed by atoms with E-state index in [1.54, 1.807) is 14.2 Å². The van der Waals surface area contributed by atoms with Gasteiger partial charge in [0.05, 0.1) is 31.7 Å². The number of hydrogen-bond donors (Lipinski definition) is 1. The van der Waals surface area contributed by atoms with Gasteiger partial charge in [-0.3, -0.25) is 4.79 Å². The number of aryl methyl sites for hydroxylation is 1. The Kier molecular flexibility index (Phi) is 7.05. The van der Waals surface area contributed by atoms with Gasteiger partial charge < -0.3 is 19.4 Å². The number of hydrogen-bond acceptors (Lipinski definition) is 5. The molecule has 1 unspecified atom stereocenters. The molecule has 168 valence electrons. The number of carbonyl (C=O) groups excluding carboxylic acids is 1. The highest BCUT2D eigenvalue weighted by molar-refractivity contribution is 7.99. The predicted octanol–water partition coefficient (Wildman–Crippen LogP) is 4.78. The van der Waals surface area contributed by atoms with E-state index in [1.807, 2.05) is 48.2 Å². The largest absolute Gasteiger partial charge is 0.497 e. The molecule has 7 heteroatoms. The first-order valence-corrected chi connectivity index (χ1v) is 11.8. The third-order valence-electron chi connectivity index (χ3n) is 5.88. The first-order chi connectivity index (χ1) is 15.6. The van der Waals surface area contributed by atoms with Crippen molar-refractivity contribution in [2.24, 2.45) is 0 Å². The van der Waals surface area contributed by atoms with Crippen LogP contribution in [0.2, 0.25) is 0 Å². The van der Waals surface area contributed by atoms with Crippen molar-refractivity contribution in [2.75, 3.05) is 26.5 Å². The van der Waals surface area contributed by atoms with Crippen molar-refractivity contribution in [1.82, 2.24) is 14.9 Å². The molecular weight excluding hydrogens is 422 g/mol. The second-order valence-electron chi connectivity index (χ2n) is 7.92. The Morgan fingerprint density at radius 1 is 1.19 bits per heavy atom. The molecule has 0 radical (unpaired) electrons. The van der Waals surface area contributed by atoms with E-state index < -0.39 is 0 Å². The zero-order valence-corrected chi connectivity index (χ0v) is 19.6. The first-order valence-electron chi connectivity index (χ1n) is 10.8. The predicted molar refractivity (Wildman–Crippen MR) is 127 cm³/mol. The molecule has 1 aliphatic rings. The zero-order valence-electron chi connectivity index (χ0n) is 18.8.